The topological polar surface area (TPSA) is 26.5 Å². The normalized spacial score (nSPS) is 24.1. The summed E-state index contributed by atoms with van der Waals surface area (Å²) < 4.78 is 2.16. The molecule has 64 valence electrons. The van der Waals surface area contributed by atoms with E-state index in [9.17, 15) is 5.11 Å². The van der Waals surface area contributed by atoms with Crippen molar-refractivity contribution in [2.24, 2.45) is 0 Å². The van der Waals surface area contributed by atoms with E-state index in [1.807, 2.05) is 18.3 Å². The van der Waals surface area contributed by atoms with Crippen LogP contribution in [0.2, 0.25) is 0 Å². The lowest BCUT2D eigenvalue weighted by Gasteiger charge is -2.02. The van der Waals surface area contributed by atoms with Crippen LogP contribution in [0.25, 0.3) is 0 Å². The predicted octanol–water partition coefficient (Wildman–Crippen LogP) is 0.0911. The number of nitrogens with zero attached hydrogens (tertiary/aromatic N) is 2. The molecule has 0 aromatic rings. The Kier molecular flexibility index (Phi) is 2.88. The molecular weight excluding hydrogens is 140 g/mol. The van der Waals surface area contributed by atoms with Crippen LogP contribution in [-0.2, 0) is 0 Å². The van der Waals surface area contributed by atoms with Crippen LogP contribution >= 0.6 is 0 Å². The third kappa shape index (κ3) is 2.19. The monoisotopic (exact) mass is 157 g/mol. The zero-order chi connectivity index (χ0) is 8.27. The van der Waals surface area contributed by atoms with Gasteiger partial charge in [0.05, 0.1) is 13.6 Å². The van der Waals surface area contributed by atoms with Crippen LogP contribution in [-0.4, -0.2) is 47.3 Å². The van der Waals surface area contributed by atoms with Gasteiger partial charge in [0.1, 0.15) is 0 Å². The van der Waals surface area contributed by atoms with Gasteiger partial charge in [0.15, 0.2) is 6.54 Å². The lowest BCUT2D eigenvalue weighted by molar-refractivity contribution is -0.522. The Morgan fingerprint density at radius 3 is 2.91 bits per heavy atom. The summed E-state index contributed by atoms with van der Waals surface area (Å²) in [6.45, 7) is 4.00. The fourth-order valence-corrected chi connectivity index (χ4v) is 1.23. The molecule has 1 atom stereocenters. The predicted molar refractivity (Wildman–Crippen MR) is 44.7 cm³/mol. The molecule has 11 heavy (non-hydrogen) atoms. The number of aliphatic hydroxyl groups excluding tert-OH is 1. The van der Waals surface area contributed by atoms with E-state index in [1.54, 1.807) is 0 Å². The first-order valence-electron chi connectivity index (χ1n) is 4.23. The van der Waals surface area contributed by atoms with Gasteiger partial charge in [-0.05, 0) is 6.42 Å². The second-order valence-electron chi connectivity index (χ2n) is 3.11. The number of unbranched alkanes of at least 4 members (excludes halogenated alkanes) is 1. The van der Waals surface area contributed by atoms with Crippen LogP contribution in [0.15, 0.2) is 0 Å². The van der Waals surface area contributed by atoms with Gasteiger partial charge in [-0.3, -0.25) is 4.58 Å². The molecule has 0 amide bonds. The minimum Gasteiger partial charge on any atom is -0.352 e. The highest BCUT2D eigenvalue weighted by Gasteiger charge is 2.24. The number of likely N-dealkylation sites (N-methyl/N-ethyl adjacent to an activating group) is 1. The maximum atomic E-state index is 9.32. The van der Waals surface area contributed by atoms with Crippen molar-refractivity contribution in [1.29, 1.82) is 0 Å². The van der Waals surface area contributed by atoms with Gasteiger partial charge in [-0.25, -0.2) is 4.90 Å². The Hall–Kier alpha value is -0.570. The first-order valence-corrected chi connectivity index (χ1v) is 4.23. The summed E-state index contributed by atoms with van der Waals surface area (Å²) in [6.07, 6.45) is 4.11. The highest BCUT2D eigenvalue weighted by molar-refractivity contribution is 5.50. The van der Waals surface area contributed by atoms with Crippen molar-refractivity contribution in [1.82, 2.24) is 4.90 Å². The maximum absolute atomic E-state index is 9.32. The molecular formula is C8H17N2O+. The third-order valence-corrected chi connectivity index (χ3v) is 2.01. The summed E-state index contributed by atoms with van der Waals surface area (Å²) in [6, 6.07) is 0. The molecule has 3 heteroatoms. The average Bonchev–Trinajstić information content (AvgIpc) is 2.28. The lowest BCUT2D eigenvalue weighted by Crippen LogP contribution is -2.27. The first kappa shape index (κ1) is 8.53. The van der Waals surface area contributed by atoms with E-state index in [2.05, 4.69) is 11.5 Å². The van der Waals surface area contributed by atoms with Crippen LogP contribution in [0, 0.1) is 0 Å². The number of hydrogen-bond donors (Lipinski definition) is 1. The van der Waals surface area contributed by atoms with Gasteiger partial charge in [0, 0.05) is 0 Å². The molecule has 1 rings (SSSR count). The zero-order valence-electron chi connectivity index (χ0n) is 7.32. The molecule has 1 unspecified atom stereocenters. The molecule has 1 aliphatic rings. The van der Waals surface area contributed by atoms with Crippen LogP contribution < -0.4 is 0 Å². The largest absolute Gasteiger partial charge is 0.352 e. The minimum absolute atomic E-state index is 0.299. The Morgan fingerprint density at radius 1 is 1.73 bits per heavy atom. The molecule has 1 N–H and O–H groups in total. The van der Waals surface area contributed by atoms with Gasteiger partial charge >= 0.3 is 0 Å². The molecule has 1 heterocycles. The number of rotatable bonds is 3. The molecule has 3 nitrogen and oxygen atoms in total. The van der Waals surface area contributed by atoms with Crippen molar-refractivity contribution in [2.75, 3.05) is 20.1 Å². The van der Waals surface area contributed by atoms with Gasteiger partial charge in [-0.2, -0.15) is 0 Å². The van der Waals surface area contributed by atoms with Crippen molar-refractivity contribution in [3.8, 4) is 0 Å². The Bertz CT molecular complexity index is 156. The van der Waals surface area contributed by atoms with Gasteiger partial charge in [0.25, 0.3) is 0 Å². The van der Waals surface area contributed by atoms with Gasteiger partial charge in [-0.15, -0.1) is 0 Å². The maximum Gasteiger partial charge on any atom is 0.236 e. The third-order valence-electron chi connectivity index (χ3n) is 2.01. The van der Waals surface area contributed by atoms with E-state index in [4.69, 9.17) is 0 Å². The SMILES string of the molecule is CCCC[N+]1=CN(C)C(O)C1. The molecule has 0 spiro atoms. The molecule has 0 radical (unpaired) electrons. The van der Waals surface area contributed by atoms with Crippen molar-refractivity contribution in [2.45, 2.75) is 26.0 Å². The summed E-state index contributed by atoms with van der Waals surface area (Å²) in [5.41, 5.74) is 0. The van der Waals surface area contributed by atoms with E-state index in [0.717, 1.165) is 13.1 Å². The quantitative estimate of drug-likeness (QED) is 0.588. The summed E-state index contributed by atoms with van der Waals surface area (Å²) in [5, 5.41) is 9.32. The fraction of sp³-hybridized carbons (Fsp3) is 0.875. The zero-order valence-corrected chi connectivity index (χ0v) is 7.32. The number of hydrogen-bond acceptors (Lipinski definition) is 2. The van der Waals surface area contributed by atoms with Crippen LogP contribution in [0.1, 0.15) is 19.8 Å². The van der Waals surface area contributed by atoms with E-state index >= 15 is 0 Å². The van der Waals surface area contributed by atoms with Crippen molar-refractivity contribution >= 4 is 6.34 Å². The highest BCUT2D eigenvalue weighted by Crippen LogP contribution is 1.99. The fourth-order valence-electron chi connectivity index (χ4n) is 1.23. The summed E-state index contributed by atoms with van der Waals surface area (Å²) in [7, 11) is 1.90. The summed E-state index contributed by atoms with van der Waals surface area (Å²) in [5.74, 6) is 0. The smallest absolute Gasteiger partial charge is 0.236 e. The Balaban J connectivity index is 2.31. The van der Waals surface area contributed by atoms with Gasteiger partial charge in [0.2, 0.25) is 12.6 Å². The van der Waals surface area contributed by atoms with E-state index in [1.165, 1.54) is 12.8 Å². The molecule has 0 fully saturated rings. The standard InChI is InChI=1S/C8H17N2O/c1-3-4-5-10-6-8(11)9(2)7-10/h7-8,11H,3-6H2,1-2H3/q+1. The van der Waals surface area contributed by atoms with Gasteiger partial charge < -0.3 is 5.11 Å². The summed E-state index contributed by atoms with van der Waals surface area (Å²) in [4.78, 5) is 1.84. The highest BCUT2D eigenvalue weighted by atomic mass is 16.3. The first-order chi connectivity index (χ1) is 5.24. The lowest BCUT2D eigenvalue weighted by atomic mass is 10.3. The van der Waals surface area contributed by atoms with E-state index in [-0.39, 0.29) is 6.23 Å². The van der Waals surface area contributed by atoms with Crippen LogP contribution in [0.5, 0.6) is 0 Å². The van der Waals surface area contributed by atoms with E-state index in [0.29, 0.717) is 0 Å². The van der Waals surface area contributed by atoms with Gasteiger partial charge in [-0.1, -0.05) is 13.3 Å². The van der Waals surface area contributed by atoms with Crippen molar-refractivity contribution < 1.29 is 9.68 Å². The number of β-amino-alcohol motifs (C(OH)–C–C–N with tert-alkyl or cyclic N) is 1. The molecule has 1 aliphatic heterocycles. The molecule has 0 saturated heterocycles. The van der Waals surface area contributed by atoms with Crippen LogP contribution in [0.3, 0.4) is 0 Å². The molecule has 0 aliphatic carbocycles. The minimum atomic E-state index is -0.299. The molecule has 0 aromatic heterocycles. The van der Waals surface area contributed by atoms with Crippen LogP contribution in [0.4, 0.5) is 0 Å². The van der Waals surface area contributed by atoms with E-state index < -0.39 is 0 Å². The Labute approximate surface area is 67.9 Å². The number of aliphatic hydroxyl groups is 1. The Morgan fingerprint density at radius 2 is 2.45 bits per heavy atom. The summed E-state index contributed by atoms with van der Waals surface area (Å²) >= 11 is 0. The second-order valence-corrected chi connectivity index (χ2v) is 3.11. The van der Waals surface area contributed by atoms with Crippen molar-refractivity contribution in [3.63, 3.8) is 0 Å². The van der Waals surface area contributed by atoms with Crippen molar-refractivity contribution in [3.05, 3.63) is 0 Å². The molecule has 0 bridgehead atoms. The second kappa shape index (κ2) is 3.72. The average molecular weight is 157 g/mol. The molecule has 0 aromatic carbocycles. The molecule has 0 saturated carbocycles.